The Labute approximate surface area is 169 Å². The maximum Gasteiger partial charge on any atom is 0.490 e. The number of allylic oxidation sites excluding steroid dienone is 1. The average Bonchev–Trinajstić information content (AvgIpc) is 2.67. The number of carboxylic acid groups (broad SMARTS) is 1. The zero-order valence-electron chi connectivity index (χ0n) is 17.0. The minimum Gasteiger partial charge on any atom is -0.475 e. The standard InChI is InChI=1S/C17H31NO4.C2HF3O2/c1-3-4-5-6-7-8-9-10-15-17(22-16(19)13-18)14(20-2)11-12-21-15;3-2(4,5)1(6)7/h9-10,14-15,17H,3-8,11-13,18H2,1-2H3;(H,6,7)/t14-,15-,17+;/m0./s1. The van der Waals surface area contributed by atoms with Crippen molar-refractivity contribution in [2.24, 2.45) is 5.73 Å². The van der Waals surface area contributed by atoms with Gasteiger partial charge in [0, 0.05) is 13.5 Å². The summed E-state index contributed by atoms with van der Waals surface area (Å²) in [6.07, 6.45) is 6.31. The molecule has 0 unspecified atom stereocenters. The highest BCUT2D eigenvalue weighted by Gasteiger charge is 2.38. The lowest BCUT2D eigenvalue weighted by molar-refractivity contribution is -0.192. The van der Waals surface area contributed by atoms with Crippen molar-refractivity contribution < 1.29 is 42.1 Å². The SMILES string of the molecule is CCCCCCCC=C[C@@H]1OCC[C@H](OC)[C@H]1OC(=O)CN.O=C(O)C(F)(F)F. The van der Waals surface area contributed by atoms with Crippen molar-refractivity contribution in [1.82, 2.24) is 0 Å². The largest absolute Gasteiger partial charge is 0.490 e. The topological polar surface area (TPSA) is 108 Å². The molecule has 1 heterocycles. The van der Waals surface area contributed by atoms with Gasteiger partial charge in [-0.2, -0.15) is 13.2 Å². The smallest absolute Gasteiger partial charge is 0.475 e. The lowest BCUT2D eigenvalue weighted by atomic mass is 10.0. The third-order valence-electron chi connectivity index (χ3n) is 4.18. The van der Waals surface area contributed by atoms with Crippen LogP contribution in [0.2, 0.25) is 0 Å². The molecular formula is C19H32F3NO6. The van der Waals surface area contributed by atoms with Crippen LogP contribution in [0.5, 0.6) is 0 Å². The number of carboxylic acids is 1. The number of methoxy groups -OCH3 is 1. The molecule has 1 aliphatic heterocycles. The zero-order chi connectivity index (χ0) is 22.3. The van der Waals surface area contributed by atoms with Crippen molar-refractivity contribution in [1.29, 1.82) is 0 Å². The summed E-state index contributed by atoms with van der Waals surface area (Å²) in [5, 5.41) is 7.12. The molecule has 170 valence electrons. The molecular weight excluding hydrogens is 395 g/mol. The van der Waals surface area contributed by atoms with E-state index in [1.165, 1.54) is 32.1 Å². The van der Waals surface area contributed by atoms with Crippen LogP contribution in [0.1, 0.15) is 51.9 Å². The van der Waals surface area contributed by atoms with Crippen molar-refractivity contribution in [3.63, 3.8) is 0 Å². The fourth-order valence-corrected chi connectivity index (χ4v) is 2.65. The normalized spacial score (nSPS) is 22.1. The molecule has 0 aromatic rings. The number of hydrogen-bond acceptors (Lipinski definition) is 6. The summed E-state index contributed by atoms with van der Waals surface area (Å²) in [5.74, 6) is -3.18. The van der Waals surface area contributed by atoms with Crippen LogP contribution in [-0.4, -0.2) is 61.8 Å². The second-order valence-electron chi connectivity index (χ2n) is 6.49. The van der Waals surface area contributed by atoms with E-state index >= 15 is 0 Å². The number of carbonyl (C=O) groups is 2. The molecule has 0 saturated carbocycles. The number of nitrogens with two attached hydrogens (primary N) is 1. The van der Waals surface area contributed by atoms with Gasteiger partial charge in [-0.1, -0.05) is 44.8 Å². The summed E-state index contributed by atoms with van der Waals surface area (Å²) in [7, 11) is 1.63. The monoisotopic (exact) mass is 427 g/mol. The van der Waals surface area contributed by atoms with Gasteiger partial charge in [0.15, 0.2) is 6.10 Å². The summed E-state index contributed by atoms with van der Waals surface area (Å²) < 4.78 is 48.3. The van der Waals surface area contributed by atoms with Gasteiger partial charge in [0.25, 0.3) is 0 Å². The molecule has 1 rings (SSSR count). The highest BCUT2D eigenvalue weighted by molar-refractivity contribution is 5.73. The first-order valence-electron chi connectivity index (χ1n) is 9.68. The molecule has 10 heteroatoms. The van der Waals surface area contributed by atoms with Crippen molar-refractivity contribution in [3.8, 4) is 0 Å². The van der Waals surface area contributed by atoms with Crippen LogP contribution in [0.3, 0.4) is 0 Å². The van der Waals surface area contributed by atoms with Crippen molar-refractivity contribution >= 4 is 11.9 Å². The third kappa shape index (κ3) is 12.5. The number of carbonyl (C=O) groups excluding carboxylic acids is 1. The van der Waals surface area contributed by atoms with Crippen LogP contribution < -0.4 is 5.73 Å². The molecule has 0 aromatic heterocycles. The van der Waals surface area contributed by atoms with E-state index in [0.29, 0.717) is 6.61 Å². The average molecular weight is 427 g/mol. The number of ether oxygens (including phenoxy) is 3. The van der Waals surface area contributed by atoms with Gasteiger partial charge in [-0.25, -0.2) is 4.79 Å². The van der Waals surface area contributed by atoms with Gasteiger partial charge in [0.05, 0.1) is 19.3 Å². The van der Waals surface area contributed by atoms with Crippen molar-refractivity contribution in [2.45, 2.75) is 76.4 Å². The fourth-order valence-electron chi connectivity index (χ4n) is 2.65. The third-order valence-corrected chi connectivity index (χ3v) is 4.18. The molecule has 3 N–H and O–H groups in total. The quantitative estimate of drug-likeness (QED) is 0.313. The summed E-state index contributed by atoms with van der Waals surface area (Å²) in [6, 6.07) is 0. The molecule has 0 amide bonds. The summed E-state index contributed by atoms with van der Waals surface area (Å²) >= 11 is 0. The Morgan fingerprint density at radius 1 is 1.24 bits per heavy atom. The molecule has 7 nitrogen and oxygen atoms in total. The van der Waals surface area contributed by atoms with E-state index in [4.69, 9.17) is 29.8 Å². The Hall–Kier alpha value is -1.65. The van der Waals surface area contributed by atoms with Gasteiger partial charge < -0.3 is 25.1 Å². The number of alkyl halides is 3. The first-order valence-corrected chi connectivity index (χ1v) is 9.68. The maximum atomic E-state index is 11.5. The molecule has 0 bridgehead atoms. The van der Waals surface area contributed by atoms with Gasteiger partial charge >= 0.3 is 18.1 Å². The molecule has 0 aliphatic carbocycles. The molecule has 0 radical (unpaired) electrons. The molecule has 3 atom stereocenters. The van der Waals surface area contributed by atoms with Crippen LogP contribution in [0, 0.1) is 0 Å². The second-order valence-corrected chi connectivity index (χ2v) is 6.49. The highest BCUT2D eigenvalue weighted by Crippen LogP contribution is 2.22. The van der Waals surface area contributed by atoms with Crippen LogP contribution >= 0.6 is 0 Å². The molecule has 1 aliphatic rings. The molecule has 1 fully saturated rings. The predicted molar refractivity (Wildman–Crippen MR) is 100 cm³/mol. The Morgan fingerprint density at radius 3 is 2.38 bits per heavy atom. The van der Waals surface area contributed by atoms with Crippen LogP contribution in [0.15, 0.2) is 12.2 Å². The van der Waals surface area contributed by atoms with E-state index < -0.39 is 24.2 Å². The van der Waals surface area contributed by atoms with E-state index in [0.717, 1.165) is 12.8 Å². The maximum absolute atomic E-state index is 11.5. The summed E-state index contributed by atoms with van der Waals surface area (Å²) in [4.78, 5) is 20.4. The Balaban J connectivity index is 0.000000956. The summed E-state index contributed by atoms with van der Waals surface area (Å²) in [6.45, 7) is 2.71. The van der Waals surface area contributed by atoms with Crippen molar-refractivity contribution in [2.75, 3.05) is 20.3 Å². The number of hydrogen-bond donors (Lipinski definition) is 2. The number of halogens is 3. The summed E-state index contributed by atoms with van der Waals surface area (Å²) in [5.41, 5.74) is 5.33. The first kappa shape index (κ1) is 27.4. The van der Waals surface area contributed by atoms with Gasteiger partial charge in [0.2, 0.25) is 0 Å². The minimum atomic E-state index is -5.08. The minimum absolute atomic E-state index is 0.124. The zero-order valence-corrected chi connectivity index (χ0v) is 17.0. The second kappa shape index (κ2) is 15.2. The van der Waals surface area contributed by atoms with Crippen molar-refractivity contribution in [3.05, 3.63) is 12.2 Å². The van der Waals surface area contributed by atoms with E-state index in [-0.39, 0.29) is 18.8 Å². The lowest BCUT2D eigenvalue weighted by Crippen LogP contribution is -2.48. The molecule has 0 spiro atoms. The number of esters is 1. The van der Waals surface area contributed by atoms with Gasteiger partial charge in [-0.15, -0.1) is 0 Å². The Bertz CT molecular complexity index is 499. The molecule has 29 heavy (non-hydrogen) atoms. The molecule has 0 aromatic carbocycles. The van der Waals surface area contributed by atoms with Gasteiger partial charge in [0.1, 0.15) is 6.10 Å². The lowest BCUT2D eigenvalue weighted by Gasteiger charge is -2.35. The number of rotatable bonds is 10. The Kier molecular flexibility index (Phi) is 14.4. The van der Waals surface area contributed by atoms with Crippen LogP contribution in [0.25, 0.3) is 0 Å². The highest BCUT2D eigenvalue weighted by atomic mass is 19.4. The van der Waals surface area contributed by atoms with E-state index in [2.05, 4.69) is 13.0 Å². The number of unbranched alkanes of at least 4 members (excludes halogenated alkanes) is 5. The first-order chi connectivity index (χ1) is 13.7. The van der Waals surface area contributed by atoms with Crippen LogP contribution in [-0.2, 0) is 23.8 Å². The van der Waals surface area contributed by atoms with E-state index in [1.54, 1.807) is 7.11 Å². The van der Waals surface area contributed by atoms with E-state index in [1.807, 2.05) is 6.08 Å². The van der Waals surface area contributed by atoms with Gasteiger partial charge in [-0.3, -0.25) is 4.79 Å². The fraction of sp³-hybridized carbons (Fsp3) is 0.789. The Morgan fingerprint density at radius 2 is 1.86 bits per heavy atom. The molecule has 1 saturated heterocycles. The van der Waals surface area contributed by atoms with E-state index in [9.17, 15) is 18.0 Å². The predicted octanol–water partition coefficient (Wildman–Crippen LogP) is 3.21. The number of aliphatic carboxylic acids is 1. The van der Waals surface area contributed by atoms with Gasteiger partial charge in [-0.05, 0) is 12.8 Å². The van der Waals surface area contributed by atoms with Crippen LogP contribution in [0.4, 0.5) is 13.2 Å².